The molecule has 0 bridgehead atoms. The van der Waals surface area contributed by atoms with Crippen LogP contribution in [-0.4, -0.2) is 59.9 Å². The standard InChI is InChI=1S/C21H32BClN2O5/c1-19(2,3)28-18(27)25(11-12-26)24(8)14-15-9-10-16(17(23)13-15)22-29-20(4,5)21(6,7)30-22/h9-10,12-13H,11,14H2,1-8H3. The predicted octanol–water partition coefficient (Wildman–Crippen LogP) is 3.42. The fourth-order valence-electron chi connectivity index (χ4n) is 2.92. The van der Waals surface area contributed by atoms with Crippen LogP contribution in [0.1, 0.15) is 54.0 Å². The Bertz CT molecular complexity index is 778. The minimum absolute atomic E-state index is 0.106. The zero-order chi connectivity index (χ0) is 22.9. The number of benzene rings is 1. The van der Waals surface area contributed by atoms with E-state index in [1.54, 1.807) is 32.8 Å². The van der Waals surface area contributed by atoms with Crippen molar-refractivity contribution in [3.63, 3.8) is 0 Å². The van der Waals surface area contributed by atoms with Gasteiger partial charge in [0.2, 0.25) is 0 Å². The minimum atomic E-state index is -0.660. The van der Waals surface area contributed by atoms with Gasteiger partial charge in [0.05, 0.1) is 17.7 Å². The molecule has 9 heteroatoms. The van der Waals surface area contributed by atoms with E-state index < -0.39 is 30.0 Å². The lowest BCUT2D eigenvalue weighted by Gasteiger charge is -2.32. The van der Waals surface area contributed by atoms with Crippen molar-refractivity contribution < 1.29 is 23.6 Å². The van der Waals surface area contributed by atoms with Crippen LogP contribution in [0, 0.1) is 0 Å². The largest absolute Gasteiger partial charge is 0.496 e. The van der Waals surface area contributed by atoms with Crippen molar-refractivity contribution in [2.75, 3.05) is 13.6 Å². The fraction of sp³-hybridized carbons (Fsp3) is 0.619. The van der Waals surface area contributed by atoms with Crippen LogP contribution < -0.4 is 5.46 Å². The number of ether oxygens (including phenoxy) is 1. The first-order chi connectivity index (χ1) is 13.7. The third-order valence-electron chi connectivity index (χ3n) is 5.25. The summed E-state index contributed by atoms with van der Waals surface area (Å²) in [5, 5.41) is 3.40. The number of aldehydes is 1. The van der Waals surface area contributed by atoms with Crippen LogP contribution in [0.15, 0.2) is 18.2 Å². The van der Waals surface area contributed by atoms with Crippen molar-refractivity contribution >= 4 is 36.6 Å². The fourth-order valence-corrected chi connectivity index (χ4v) is 3.21. The Labute approximate surface area is 184 Å². The van der Waals surface area contributed by atoms with Crippen molar-refractivity contribution in [2.45, 2.75) is 71.8 Å². The van der Waals surface area contributed by atoms with Crippen LogP contribution in [0.3, 0.4) is 0 Å². The van der Waals surface area contributed by atoms with Crippen LogP contribution in [0.4, 0.5) is 4.79 Å². The summed E-state index contributed by atoms with van der Waals surface area (Å²) in [6.07, 6.45) is 0.0754. The number of hydrogen-bond donors (Lipinski definition) is 0. The Morgan fingerprint density at radius 2 is 1.77 bits per heavy atom. The summed E-state index contributed by atoms with van der Waals surface area (Å²) in [5.74, 6) is 0. The SMILES string of the molecule is CN(Cc1ccc(B2OC(C)(C)C(C)(C)O2)c(Cl)c1)N(CC=O)C(=O)OC(C)(C)C. The molecule has 0 spiro atoms. The van der Waals surface area contributed by atoms with Gasteiger partial charge in [0.1, 0.15) is 11.9 Å². The molecule has 7 nitrogen and oxygen atoms in total. The molecule has 0 atom stereocenters. The Kier molecular flexibility index (Phi) is 7.29. The molecule has 0 aliphatic carbocycles. The van der Waals surface area contributed by atoms with E-state index in [1.807, 2.05) is 45.9 Å². The lowest BCUT2D eigenvalue weighted by Crippen LogP contribution is -2.47. The van der Waals surface area contributed by atoms with Gasteiger partial charge in [0.25, 0.3) is 0 Å². The first-order valence-corrected chi connectivity index (χ1v) is 10.3. The summed E-state index contributed by atoms with van der Waals surface area (Å²) < 4.78 is 17.5. The second kappa shape index (κ2) is 8.87. The predicted molar refractivity (Wildman–Crippen MR) is 118 cm³/mol. The summed E-state index contributed by atoms with van der Waals surface area (Å²) in [6, 6.07) is 5.58. The monoisotopic (exact) mass is 438 g/mol. The quantitative estimate of drug-likeness (QED) is 0.385. The van der Waals surface area contributed by atoms with Gasteiger partial charge in [-0.1, -0.05) is 23.7 Å². The zero-order valence-corrected chi connectivity index (χ0v) is 19.9. The number of halogens is 1. The summed E-state index contributed by atoms with van der Waals surface area (Å²) >= 11 is 6.53. The maximum atomic E-state index is 12.4. The van der Waals surface area contributed by atoms with E-state index >= 15 is 0 Å². The molecule has 0 N–H and O–H groups in total. The van der Waals surface area contributed by atoms with Crippen molar-refractivity contribution in [1.29, 1.82) is 0 Å². The number of amides is 1. The number of nitrogens with zero attached hydrogens (tertiary/aromatic N) is 2. The van der Waals surface area contributed by atoms with Gasteiger partial charge in [0.15, 0.2) is 0 Å². The van der Waals surface area contributed by atoms with Crippen molar-refractivity contribution in [3.05, 3.63) is 28.8 Å². The highest BCUT2D eigenvalue weighted by Gasteiger charge is 2.52. The summed E-state index contributed by atoms with van der Waals surface area (Å²) in [4.78, 5) is 23.5. The van der Waals surface area contributed by atoms with Crippen LogP contribution in [0.2, 0.25) is 5.02 Å². The van der Waals surface area contributed by atoms with Crippen molar-refractivity contribution in [2.24, 2.45) is 0 Å². The Balaban J connectivity index is 2.14. The van der Waals surface area contributed by atoms with E-state index in [0.717, 1.165) is 11.0 Å². The number of carbonyl (C=O) groups excluding carboxylic acids is 2. The third-order valence-corrected chi connectivity index (χ3v) is 5.57. The van der Waals surface area contributed by atoms with Gasteiger partial charge in [-0.2, -0.15) is 0 Å². The Hall–Kier alpha value is -1.61. The smallest absolute Gasteiger partial charge is 0.443 e. The van der Waals surface area contributed by atoms with Gasteiger partial charge in [-0.15, -0.1) is 0 Å². The van der Waals surface area contributed by atoms with Crippen molar-refractivity contribution in [1.82, 2.24) is 10.0 Å². The van der Waals surface area contributed by atoms with Gasteiger partial charge < -0.3 is 18.8 Å². The zero-order valence-electron chi connectivity index (χ0n) is 19.1. The topological polar surface area (TPSA) is 68.3 Å². The molecule has 0 aromatic heterocycles. The van der Waals surface area contributed by atoms with Crippen LogP contribution in [-0.2, 0) is 25.4 Å². The van der Waals surface area contributed by atoms with Crippen LogP contribution in [0.5, 0.6) is 0 Å². The number of hydrazine groups is 1. The normalized spacial score (nSPS) is 17.9. The van der Waals surface area contributed by atoms with E-state index in [-0.39, 0.29) is 6.54 Å². The van der Waals surface area contributed by atoms with E-state index in [2.05, 4.69) is 0 Å². The van der Waals surface area contributed by atoms with Gasteiger partial charge in [-0.25, -0.2) is 14.8 Å². The Morgan fingerprint density at radius 3 is 2.23 bits per heavy atom. The van der Waals surface area contributed by atoms with Gasteiger partial charge in [-0.3, -0.25) is 0 Å². The van der Waals surface area contributed by atoms with E-state index in [4.69, 9.17) is 25.6 Å². The first-order valence-electron chi connectivity index (χ1n) is 9.96. The minimum Gasteiger partial charge on any atom is -0.443 e. The molecule has 166 valence electrons. The Morgan fingerprint density at radius 1 is 1.20 bits per heavy atom. The lowest BCUT2D eigenvalue weighted by atomic mass is 9.78. The molecule has 1 fully saturated rings. The van der Waals surface area contributed by atoms with E-state index in [9.17, 15) is 9.59 Å². The molecular formula is C21H32BClN2O5. The average Bonchev–Trinajstić information content (AvgIpc) is 2.78. The highest BCUT2D eigenvalue weighted by molar-refractivity contribution is 6.65. The van der Waals surface area contributed by atoms with E-state index in [1.165, 1.54) is 5.01 Å². The number of rotatable bonds is 6. The molecule has 1 aliphatic heterocycles. The molecule has 2 rings (SSSR count). The molecule has 1 saturated heterocycles. The molecule has 1 aromatic rings. The van der Waals surface area contributed by atoms with Gasteiger partial charge in [0, 0.05) is 24.1 Å². The second-order valence-corrected chi connectivity index (χ2v) is 9.90. The second-order valence-electron chi connectivity index (χ2n) is 9.49. The maximum absolute atomic E-state index is 12.4. The number of hydrogen-bond acceptors (Lipinski definition) is 6. The van der Waals surface area contributed by atoms with Gasteiger partial charge in [-0.05, 0) is 60.1 Å². The highest BCUT2D eigenvalue weighted by Crippen LogP contribution is 2.37. The molecular weight excluding hydrogens is 407 g/mol. The average molecular weight is 439 g/mol. The maximum Gasteiger partial charge on any atom is 0.496 e. The first kappa shape index (κ1) is 24.7. The lowest BCUT2D eigenvalue weighted by molar-refractivity contribution is -0.113. The summed E-state index contributed by atoms with van der Waals surface area (Å²) in [5.41, 5.74) is 0.0406. The summed E-state index contributed by atoms with van der Waals surface area (Å²) in [7, 11) is 1.16. The highest BCUT2D eigenvalue weighted by atomic mass is 35.5. The van der Waals surface area contributed by atoms with Gasteiger partial charge >= 0.3 is 13.2 Å². The van der Waals surface area contributed by atoms with E-state index in [0.29, 0.717) is 17.9 Å². The molecule has 30 heavy (non-hydrogen) atoms. The molecule has 1 aliphatic rings. The molecule has 1 heterocycles. The molecule has 0 unspecified atom stereocenters. The molecule has 0 radical (unpaired) electrons. The van der Waals surface area contributed by atoms with Crippen molar-refractivity contribution in [3.8, 4) is 0 Å². The molecule has 0 saturated carbocycles. The third kappa shape index (κ3) is 5.75. The van der Waals surface area contributed by atoms with Crippen LogP contribution in [0.25, 0.3) is 0 Å². The molecule has 1 amide bonds. The number of carbonyl (C=O) groups is 2. The molecule has 1 aromatic carbocycles. The van der Waals surface area contributed by atoms with Crippen LogP contribution >= 0.6 is 11.6 Å². The summed E-state index contributed by atoms with van der Waals surface area (Å²) in [6.45, 7) is 13.5.